The molecule has 0 fully saturated rings. The van der Waals surface area contributed by atoms with Gasteiger partial charge >= 0.3 is 5.97 Å². The van der Waals surface area contributed by atoms with Crippen LogP contribution in [0.2, 0.25) is 0 Å². The Kier molecular flexibility index (Phi) is 51.6. The van der Waals surface area contributed by atoms with E-state index in [0.717, 1.165) is 51.4 Å². The summed E-state index contributed by atoms with van der Waals surface area (Å²) in [5.74, 6) is -0.0794. The molecule has 0 heterocycles. The van der Waals surface area contributed by atoms with Crippen molar-refractivity contribution >= 4 is 11.9 Å². The molecule has 0 aromatic rings. The topological polar surface area (TPSA) is 95.9 Å². The molecule has 2 unspecified atom stereocenters. The standard InChI is InChI=1S/C58H107NO5/c1-3-5-7-9-11-13-14-28-32-36-40-44-48-52-58(63)64-53-49-45-41-37-33-30-27-25-23-21-19-17-15-16-18-20-22-24-26-29-31-35-39-43-47-51-57(62)59-55(54-60)56(61)50-46-42-38-34-12-10-8-6-4-2/h13-14,16-19,46,50,55-56,60-61H,3-12,15,20-45,47-49,51-54H2,1-2H3,(H,59,62)/b14-13-,18-16-,19-17-,50-46+. The monoisotopic (exact) mass is 898 g/mol. The maximum absolute atomic E-state index is 12.4. The van der Waals surface area contributed by atoms with Gasteiger partial charge in [-0.3, -0.25) is 9.59 Å². The number of rotatable bonds is 51. The number of allylic oxidation sites excluding steroid dienone is 7. The number of aliphatic hydroxyl groups excluding tert-OH is 2. The van der Waals surface area contributed by atoms with Crippen molar-refractivity contribution in [1.82, 2.24) is 5.32 Å². The zero-order chi connectivity index (χ0) is 46.5. The fourth-order valence-electron chi connectivity index (χ4n) is 8.25. The van der Waals surface area contributed by atoms with Crippen LogP contribution in [0, 0.1) is 0 Å². The van der Waals surface area contributed by atoms with Crippen LogP contribution in [0.3, 0.4) is 0 Å². The molecule has 3 N–H and O–H groups in total. The van der Waals surface area contributed by atoms with Crippen molar-refractivity contribution in [2.75, 3.05) is 13.2 Å². The average Bonchev–Trinajstić information content (AvgIpc) is 3.29. The third-order valence-electron chi connectivity index (χ3n) is 12.6. The Hall–Kier alpha value is -2.18. The molecule has 0 aliphatic heterocycles. The van der Waals surface area contributed by atoms with Crippen molar-refractivity contribution in [3.05, 3.63) is 48.6 Å². The van der Waals surface area contributed by atoms with Crippen LogP contribution in [0.5, 0.6) is 0 Å². The molecule has 0 saturated carbocycles. The van der Waals surface area contributed by atoms with Gasteiger partial charge in [0.05, 0.1) is 25.4 Å². The van der Waals surface area contributed by atoms with Gasteiger partial charge in [-0.1, -0.05) is 229 Å². The maximum Gasteiger partial charge on any atom is 0.305 e. The lowest BCUT2D eigenvalue weighted by Gasteiger charge is -2.20. The van der Waals surface area contributed by atoms with Crippen molar-refractivity contribution < 1.29 is 24.5 Å². The smallest absolute Gasteiger partial charge is 0.305 e. The highest BCUT2D eigenvalue weighted by molar-refractivity contribution is 5.76. The SMILES string of the molecule is CCCCCC/C=C\CCCCCCCC(=O)OCCCCCCCCCCC/C=C\C/C=C\CCCCCCCCCCCC(=O)NC(CO)C(O)/C=C/CCCCCCCCC. The van der Waals surface area contributed by atoms with Gasteiger partial charge in [0.25, 0.3) is 0 Å². The highest BCUT2D eigenvalue weighted by Crippen LogP contribution is 2.15. The van der Waals surface area contributed by atoms with Crippen molar-refractivity contribution in [2.45, 2.75) is 296 Å². The minimum atomic E-state index is -0.846. The van der Waals surface area contributed by atoms with E-state index in [2.05, 4.69) is 55.6 Å². The van der Waals surface area contributed by atoms with Gasteiger partial charge < -0.3 is 20.3 Å². The van der Waals surface area contributed by atoms with Crippen LogP contribution in [0.25, 0.3) is 0 Å². The van der Waals surface area contributed by atoms with Crippen molar-refractivity contribution in [1.29, 1.82) is 0 Å². The molecule has 0 bridgehead atoms. The largest absolute Gasteiger partial charge is 0.466 e. The number of amides is 1. The summed E-state index contributed by atoms with van der Waals surface area (Å²) in [6.45, 7) is 4.84. The van der Waals surface area contributed by atoms with E-state index in [1.165, 1.54) is 205 Å². The summed E-state index contributed by atoms with van der Waals surface area (Å²) < 4.78 is 5.46. The Balaban J connectivity index is 3.44. The van der Waals surface area contributed by atoms with Gasteiger partial charge in [-0.2, -0.15) is 0 Å². The minimum absolute atomic E-state index is 0.00161. The van der Waals surface area contributed by atoms with E-state index in [-0.39, 0.29) is 18.5 Å². The second kappa shape index (κ2) is 53.4. The predicted octanol–water partition coefficient (Wildman–Crippen LogP) is 17.0. The first kappa shape index (κ1) is 61.8. The van der Waals surface area contributed by atoms with Crippen LogP contribution in [-0.2, 0) is 14.3 Å². The molecule has 6 heteroatoms. The number of nitrogens with one attached hydrogen (secondary N) is 1. The Morgan fingerprint density at radius 3 is 1.22 bits per heavy atom. The summed E-state index contributed by atoms with van der Waals surface area (Å²) in [6.07, 6.45) is 67.1. The summed E-state index contributed by atoms with van der Waals surface area (Å²) in [5, 5.41) is 22.9. The van der Waals surface area contributed by atoms with E-state index in [4.69, 9.17) is 4.74 Å². The number of carbonyl (C=O) groups excluding carboxylic acids is 2. The fourth-order valence-corrected chi connectivity index (χ4v) is 8.25. The maximum atomic E-state index is 12.4. The first-order valence-electron chi connectivity index (χ1n) is 27.9. The number of carbonyl (C=O) groups is 2. The van der Waals surface area contributed by atoms with Crippen LogP contribution in [0.1, 0.15) is 284 Å². The van der Waals surface area contributed by atoms with Gasteiger partial charge in [0.2, 0.25) is 5.91 Å². The first-order valence-corrected chi connectivity index (χ1v) is 27.9. The molecule has 0 rings (SSSR count). The van der Waals surface area contributed by atoms with Gasteiger partial charge in [-0.05, 0) is 89.9 Å². The molecule has 0 radical (unpaired) electrons. The summed E-state index contributed by atoms with van der Waals surface area (Å²) in [7, 11) is 0. The molecule has 0 aromatic heterocycles. The number of esters is 1. The molecular formula is C58H107NO5. The van der Waals surface area contributed by atoms with Crippen LogP contribution in [0.15, 0.2) is 48.6 Å². The van der Waals surface area contributed by atoms with E-state index in [0.29, 0.717) is 19.4 Å². The van der Waals surface area contributed by atoms with Crippen molar-refractivity contribution in [3.8, 4) is 0 Å². The third-order valence-corrected chi connectivity index (χ3v) is 12.6. The van der Waals surface area contributed by atoms with E-state index in [1.54, 1.807) is 6.08 Å². The highest BCUT2D eigenvalue weighted by atomic mass is 16.5. The van der Waals surface area contributed by atoms with Crippen LogP contribution >= 0.6 is 0 Å². The molecular weight excluding hydrogens is 791 g/mol. The number of unbranched alkanes of at least 4 members (excludes halogenated alkanes) is 34. The molecule has 0 saturated heterocycles. The number of ether oxygens (including phenoxy) is 1. The van der Waals surface area contributed by atoms with Crippen molar-refractivity contribution in [3.63, 3.8) is 0 Å². The molecule has 0 spiro atoms. The Morgan fingerprint density at radius 1 is 0.438 bits per heavy atom. The van der Waals surface area contributed by atoms with Gasteiger partial charge in [0, 0.05) is 12.8 Å². The Bertz CT molecular complexity index is 1080. The normalized spacial score (nSPS) is 13.0. The second-order valence-corrected chi connectivity index (χ2v) is 18.9. The molecule has 0 aromatic carbocycles. The average molecular weight is 898 g/mol. The lowest BCUT2D eigenvalue weighted by molar-refractivity contribution is -0.143. The van der Waals surface area contributed by atoms with Gasteiger partial charge in [0.1, 0.15) is 0 Å². The van der Waals surface area contributed by atoms with Crippen molar-refractivity contribution in [2.24, 2.45) is 0 Å². The molecule has 374 valence electrons. The summed E-state index contributed by atoms with van der Waals surface area (Å²) >= 11 is 0. The molecule has 0 aliphatic rings. The van der Waals surface area contributed by atoms with Crippen LogP contribution < -0.4 is 5.32 Å². The lowest BCUT2D eigenvalue weighted by Crippen LogP contribution is -2.45. The van der Waals surface area contributed by atoms with E-state index in [1.807, 2.05) is 6.08 Å². The second-order valence-electron chi connectivity index (χ2n) is 18.9. The van der Waals surface area contributed by atoms with E-state index in [9.17, 15) is 19.8 Å². The number of aliphatic hydroxyl groups is 2. The van der Waals surface area contributed by atoms with Gasteiger partial charge in [-0.15, -0.1) is 0 Å². The number of hydrogen-bond donors (Lipinski definition) is 3. The van der Waals surface area contributed by atoms with E-state index < -0.39 is 12.1 Å². The third kappa shape index (κ3) is 49.3. The predicted molar refractivity (Wildman–Crippen MR) is 278 cm³/mol. The van der Waals surface area contributed by atoms with Gasteiger partial charge in [-0.25, -0.2) is 0 Å². The zero-order valence-electron chi connectivity index (χ0n) is 42.5. The Morgan fingerprint density at radius 2 is 0.781 bits per heavy atom. The summed E-state index contributed by atoms with van der Waals surface area (Å²) in [5.41, 5.74) is 0. The van der Waals surface area contributed by atoms with Crippen LogP contribution in [0.4, 0.5) is 0 Å². The quantitative estimate of drug-likeness (QED) is 0.0321. The molecule has 1 amide bonds. The Labute approximate surface area is 397 Å². The lowest BCUT2D eigenvalue weighted by atomic mass is 10.0. The molecule has 2 atom stereocenters. The van der Waals surface area contributed by atoms with Gasteiger partial charge in [0.15, 0.2) is 0 Å². The fraction of sp³-hybridized carbons (Fsp3) is 0.828. The highest BCUT2D eigenvalue weighted by Gasteiger charge is 2.18. The van der Waals surface area contributed by atoms with E-state index >= 15 is 0 Å². The van der Waals surface area contributed by atoms with Crippen LogP contribution in [-0.4, -0.2) is 47.4 Å². The molecule has 0 aliphatic carbocycles. The molecule has 64 heavy (non-hydrogen) atoms. The summed E-state index contributed by atoms with van der Waals surface area (Å²) in [6, 6.07) is -0.631. The first-order chi connectivity index (χ1) is 31.5. The number of hydrogen-bond acceptors (Lipinski definition) is 5. The minimum Gasteiger partial charge on any atom is -0.466 e. The molecule has 6 nitrogen and oxygen atoms in total. The summed E-state index contributed by atoms with van der Waals surface area (Å²) in [4.78, 5) is 24.4. The zero-order valence-corrected chi connectivity index (χ0v) is 42.5.